The molecule has 0 aliphatic heterocycles. The van der Waals surface area contributed by atoms with E-state index in [1.54, 1.807) is 0 Å². The molecule has 13 heavy (non-hydrogen) atoms. The van der Waals surface area contributed by atoms with Crippen molar-refractivity contribution in [3.05, 3.63) is 11.6 Å². The Morgan fingerprint density at radius 2 is 2.38 bits per heavy atom. The molecule has 74 valence electrons. The number of rotatable bonds is 4. The fourth-order valence-corrected chi connectivity index (χ4v) is 2.04. The molecule has 0 spiro atoms. The van der Waals surface area contributed by atoms with Crippen LogP contribution >= 0.6 is 0 Å². The van der Waals surface area contributed by atoms with E-state index >= 15 is 0 Å². The van der Waals surface area contributed by atoms with Crippen molar-refractivity contribution in [3.63, 3.8) is 0 Å². The van der Waals surface area contributed by atoms with Crippen LogP contribution in [0.2, 0.25) is 0 Å². The number of hydrogen-bond acceptors (Lipinski definition) is 1. The van der Waals surface area contributed by atoms with Crippen LogP contribution in [0.15, 0.2) is 11.6 Å². The van der Waals surface area contributed by atoms with Gasteiger partial charge in [0.15, 0.2) is 0 Å². The lowest BCUT2D eigenvalue weighted by atomic mass is 9.80. The van der Waals surface area contributed by atoms with Crippen LogP contribution in [0.4, 0.5) is 0 Å². The van der Waals surface area contributed by atoms with Gasteiger partial charge in [0, 0.05) is 6.42 Å². The van der Waals surface area contributed by atoms with Crippen LogP contribution in [0.1, 0.15) is 46.0 Å². The quantitative estimate of drug-likeness (QED) is 0.479. The van der Waals surface area contributed by atoms with Gasteiger partial charge >= 0.3 is 0 Å². The summed E-state index contributed by atoms with van der Waals surface area (Å²) >= 11 is 0. The molecule has 1 nitrogen and oxygen atoms in total. The van der Waals surface area contributed by atoms with Crippen molar-refractivity contribution in [2.45, 2.75) is 46.0 Å². The van der Waals surface area contributed by atoms with Crippen molar-refractivity contribution in [3.8, 4) is 0 Å². The molecule has 1 aliphatic rings. The highest BCUT2D eigenvalue weighted by molar-refractivity contribution is 5.49. The standard InChI is InChI=1S/C12H20O/c1-10(2)12-7-3-5-11(9-12)6-4-8-13/h5,8,10,12H,3-4,6-7,9H2,1-2H3. The Kier molecular flexibility index (Phi) is 4.20. The zero-order chi connectivity index (χ0) is 9.68. The predicted molar refractivity (Wildman–Crippen MR) is 55.6 cm³/mol. The molecule has 0 bridgehead atoms. The van der Waals surface area contributed by atoms with Crippen molar-refractivity contribution >= 4 is 6.29 Å². The zero-order valence-electron chi connectivity index (χ0n) is 8.75. The summed E-state index contributed by atoms with van der Waals surface area (Å²) in [5.41, 5.74) is 1.51. The highest BCUT2D eigenvalue weighted by Gasteiger charge is 2.17. The third-order valence-corrected chi connectivity index (χ3v) is 3.02. The van der Waals surface area contributed by atoms with E-state index in [1.807, 2.05) is 0 Å². The van der Waals surface area contributed by atoms with Crippen LogP contribution in [-0.4, -0.2) is 6.29 Å². The van der Waals surface area contributed by atoms with Gasteiger partial charge in [0.1, 0.15) is 6.29 Å². The Bertz CT molecular complexity index is 191. The largest absolute Gasteiger partial charge is 0.303 e. The average Bonchev–Trinajstić information content (AvgIpc) is 2.15. The van der Waals surface area contributed by atoms with Crippen LogP contribution in [0.5, 0.6) is 0 Å². The highest BCUT2D eigenvalue weighted by Crippen LogP contribution is 2.31. The van der Waals surface area contributed by atoms with E-state index in [4.69, 9.17) is 0 Å². The maximum absolute atomic E-state index is 10.2. The first-order chi connectivity index (χ1) is 6.24. The van der Waals surface area contributed by atoms with E-state index in [9.17, 15) is 4.79 Å². The van der Waals surface area contributed by atoms with Crippen LogP contribution < -0.4 is 0 Å². The van der Waals surface area contributed by atoms with Crippen LogP contribution in [0.3, 0.4) is 0 Å². The molecule has 0 radical (unpaired) electrons. The van der Waals surface area contributed by atoms with Crippen molar-refractivity contribution in [2.75, 3.05) is 0 Å². The first-order valence-electron chi connectivity index (χ1n) is 5.35. The van der Waals surface area contributed by atoms with Crippen LogP contribution in [0, 0.1) is 11.8 Å². The molecule has 1 atom stereocenters. The molecule has 1 heteroatoms. The highest BCUT2D eigenvalue weighted by atomic mass is 16.1. The van der Waals surface area contributed by atoms with E-state index < -0.39 is 0 Å². The number of hydrogen-bond donors (Lipinski definition) is 0. The summed E-state index contributed by atoms with van der Waals surface area (Å²) in [7, 11) is 0. The van der Waals surface area contributed by atoms with Gasteiger partial charge in [-0.1, -0.05) is 25.5 Å². The molecule has 0 heterocycles. The van der Waals surface area contributed by atoms with E-state index in [-0.39, 0.29) is 0 Å². The third-order valence-electron chi connectivity index (χ3n) is 3.02. The van der Waals surface area contributed by atoms with Gasteiger partial charge in [-0.25, -0.2) is 0 Å². The lowest BCUT2D eigenvalue weighted by Gasteiger charge is -2.25. The maximum Gasteiger partial charge on any atom is 0.120 e. The molecule has 0 saturated heterocycles. The van der Waals surface area contributed by atoms with E-state index in [1.165, 1.54) is 24.8 Å². The number of allylic oxidation sites excluding steroid dienone is 2. The third kappa shape index (κ3) is 3.33. The second-order valence-corrected chi connectivity index (χ2v) is 4.35. The molecule has 0 amide bonds. The minimum absolute atomic E-state index is 0.705. The second-order valence-electron chi connectivity index (χ2n) is 4.35. The molecule has 0 aromatic rings. The van der Waals surface area contributed by atoms with Crippen LogP contribution in [0.25, 0.3) is 0 Å². The Hall–Kier alpha value is -0.590. The van der Waals surface area contributed by atoms with Gasteiger partial charge in [-0.15, -0.1) is 0 Å². The first-order valence-corrected chi connectivity index (χ1v) is 5.35. The molecule has 1 aliphatic carbocycles. The van der Waals surface area contributed by atoms with Crippen LogP contribution in [-0.2, 0) is 4.79 Å². The van der Waals surface area contributed by atoms with E-state index in [0.717, 1.165) is 24.5 Å². The molecule has 1 rings (SSSR count). The summed E-state index contributed by atoms with van der Waals surface area (Å²) in [6.45, 7) is 4.60. The smallest absolute Gasteiger partial charge is 0.120 e. The van der Waals surface area contributed by atoms with Gasteiger partial charge in [0.2, 0.25) is 0 Å². The van der Waals surface area contributed by atoms with Crippen molar-refractivity contribution in [1.82, 2.24) is 0 Å². The lowest BCUT2D eigenvalue weighted by Crippen LogP contribution is -2.13. The summed E-state index contributed by atoms with van der Waals surface area (Å²) in [4.78, 5) is 10.2. The molecule has 0 fully saturated rings. The zero-order valence-corrected chi connectivity index (χ0v) is 8.75. The minimum atomic E-state index is 0.705. The maximum atomic E-state index is 10.2. The van der Waals surface area contributed by atoms with Gasteiger partial charge in [-0.05, 0) is 37.5 Å². The molecular weight excluding hydrogens is 160 g/mol. The van der Waals surface area contributed by atoms with Gasteiger partial charge in [0.25, 0.3) is 0 Å². The summed E-state index contributed by atoms with van der Waals surface area (Å²) in [6, 6.07) is 0. The molecule has 0 aromatic carbocycles. The molecule has 1 unspecified atom stereocenters. The van der Waals surface area contributed by atoms with Gasteiger partial charge in [-0.3, -0.25) is 0 Å². The topological polar surface area (TPSA) is 17.1 Å². The monoisotopic (exact) mass is 180 g/mol. The number of aldehydes is 1. The fraction of sp³-hybridized carbons (Fsp3) is 0.750. The number of carbonyl (C=O) groups is 1. The van der Waals surface area contributed by atoms with E-state index in [0.29, 0.717) is 6.42 Å². The molecule has 0 saturated carbocycles. The summed E-state index contributed by atoms with van der Waals surface area (Å²) < 4.78 is 0. The van der Waals surface area contributed by atoms with Crippen molar-refractivity contribution in [1.29, 1.82) is 0 Å². The van der Waals surface area contributed by atoms with Gasteiger partial charge < -0.3 is 4.79 Å². The first kappa shape index (κ1) is 10.5. The summed E-state index contributed by atoms with van der Waals surface area (Å²) in [5.74, 6) is 1.64. The normalized spacial score (nSPS) is 23.0. The minimum Gasteiger partial charge on any atom is -0.303 e. The average molecular weight is 180 g/mol. The van der Waals surface area contributed by atoms with Crippen molar-refractivity contribution < 1.29 is 4.79 Å². The lowest BCUT2D eigenvalue weighted by molar-refractivity contribution is -0.107. The molecular formula is C12H20O. The van der Waals surface area contributed by atoms with Gasteiger partial charge in [-0.2, -0.15) is 0 Å². The predicted octanol–water partition coefficient (Wildman–Crippen LogP) is 3.35. The molecule has 0 N–H and O–H groups in total. The second kappa shape index (κ2) is 5.21. The Balaban J connectivity index is 2.39. The fourth-order valence-electron chi connectivity index (χ4n) is 2.04. The Labute approximate surface area is 81.2 Å². The van der Waals surface area contributed by atoms with Crippen molar-refractivity contribution in [2.24, 2.45) is 11.8 Å². The molecule has 0 aromatic heterocycles. The summed E-state index contributed by atoms with van der Waals surface area (Å²) in [5, 5.41) is 0. The number of carbonyl (C=O) groups excluding carboxylic acids is 1. The Morgan fingerprint density at radius 1 is 1.62 bits per heavy atom. The van der Waals surface area contributed by atoms with E-state index in [2.05, 4.69) is 19.9 Å². The van der Waals surface area contributed by atoms with Gasteiger partial charge in [0.05, 0.1) is 0 Å². The summed E-state index contributed by atoms with van der Waals surface area (Å²) in [6.07, 6.45) is 8.84. The SMILES string of the molecule is CC(C)C1CCC=C(CCC=O)C1. The Morgan fingerprint density at radius 3 is 3.00 bits per heavy atom.